The molecule has 1 aliphatic rings. The molecule has 1 amide bonds. The molecule has 1 aromatic heterocycles. The van der Waals surface area contributed by atoms with Crippen LogP contribution in [0.2, 0.25) is 0 Å². The first-order chi connectivity index (χ1) is 13.7. The molecular formula is C21H22N4O3. The lowest BCUT2D eigenvalue weighted by atomic mass is 10.1. The van der Waals surface area contributed by atoms with Crippen molar-refractivity contribution in [3.8, 4) is 0 Å². The van der Waals surface area contributed by atoms with E-state index in [0.29, 0.717) is 17.0 Å². The minimum absolute atomic E-state index is 0.0865. The summed E-state index contributed by atoms with van der Waals surface area (Å²) >= 11 is 0. The first-order valence-electron chi connectivity index (χ1n) is 9.03. The van der Waals surface area contributed by atoms with Crippen LogP contribution in [0, 0.1) is 0 Å². The van der Waals surface area contributed by atoms with Crippen LogP contribution in [0.3, 0.4) is 0 Å². The van der Waals surface area contributed by atoms with Crippen LogP contribution in [0.1, 0.15) is 21.7 Å². The van der Waals surface area contributed by atoms with Gasteiger partial charge in [0.2, 0.25) is 0 Å². The zero-order valence-electron chi connectivity index (χ0n) is 15.3. The van der Waals surface area contributed by atoms with Crippen molar-refractivity contribution in [3.63, 3.8) is 0 Å². The molecule has 3 N–H and O–H groups in total. The molecule has 0 spiro atoms. The summed E-state index contributed by atoms with van der Waals surface area (Å²) in [7, 11) is 0. The average Bonchev–Trinajstić information content (AvgIpc) is 2.76. The summed E-state index contributed by atoms with van der Waals surface area (Å²) in [5, 5.41) is 11.8. The summed E-state index contributed by atoms with van der Waals surface area (Å²) in [5.74, 6) is -0.723. The number of ketones is 1. The van der Waals surface area contributed by atoms with Gasteiger partial charge >= 0.3 is 0 Å². The number of rotatable bonds is 6. The third kappa shape index (κ3) is 5.12. The molecular weight excluding hydrogens is 356 g/mol. The average molecular weight is 378 g/mol. The standard InChI is InChI=1S/C21H22N4O3/c26-20(18-6-1-2-7-19(18)25-14-12-22-13-15-25)10-8-16-4-3-5-17(23-16)9-11-21(27)24-28/h1-11,22,28H,12-15H2,(H,24,27). The number of pyridine rings is 1. The minimum atomic E-state index is -0.637. The number of nitrogens with one attached hydrogen (secondary N) is 2. The van der Waals surface area contributed by atoms with Crippen molar-refractivity contribution in [3.05, 3.63) is 71.6 Å². The lowest BCUT2D eigenvalue weighted by Crippen LogP contribution is -2.44. The fourth-order valence-corrected chi connectivity index (χ4v) is 2.97. The number of hydrogen-bond acceptors (Lipinski definition) is 6. The van der Waals surface area contributed by atoms with E-state index < -0.39 is 5.91 Å². The molecule has 0 saturated carbocycles. The summed E-state index contributed by atoms with van der Waals surface area (Å²) in [4.78, 5) is 30.4. The van der Waals surface area contributed by atoms with Gasteiger partial charge in [-0.3, -0.25) is 14.8 Å². The van der Waals surface area contributed by atoms with Gasteiger partial charge in [-0.1, -0.05) is 18.2 Å². The molecule has 0 radical (unpaired) electrons. The van der Waals surface area contributed by atoms with Crippen LogP contribution in [0.4, 0.5) is 5.69 Å². The van der Waals surface area contributed by atoms with E-state index in [1.54, 1.807) is 24.3 Å². The molecule has 0 bridgehead atoms. The van der Waals surface area contributed by atoms with Crippen LogP contribution >= 0.6 is 0 Å². The second kappa shape index (κ2) is 9.59. The molecule has 3 rings (SSSR count). The van der Waals surface area contributed by atoms with Gasteiger partial charge < -0.3 is 10.2 Å². The molecule has 1 aliphatic heterocycles. The summed E-state index contributed by atoms with van der Waals surface area (Å²) < 4.78 is 0. The summed E-state index contributed by atoms with van der Waals surface area (Å²) in [6.07, 6.45) is 5.81. The Kier molecular flexibility index (Phi) is 6.67. The SMILES string of the molecule is O=C(C=Cc1cccc(C=CC(=O)c2ccccc2N2CCNCC2)n1)NO. The number of piperazine rings is 1. The van der Waals surface area contributed by atoms with Crippen LogP contribution in [0.25, 0.3) is 12.2 Å². The number of aromatic nitrogens is 1. The lowest BCUT2D eigenvalue weighted by Gasteiger charge is -2.30. The second-order valence-electron chi connectivity index (χ2n) is 6.25. The van der Waals surface area contributed by atoms with Crippen molar-refractivity contribution in [2.75, 3.05) is 31.1 Å². The van der Waals surface area contributed by atoms with Crippen molar-refractivity contribution in [2.24, 2.45) is 0 Å². The number of carbonyl (C=O) groups excluding carboxylic acids is 2. The molecule has 1 aromatic carbocycles. The molecule has 7 heteroatoms. The Bertz CT molecular complexity index is 902. The van der Waals surface area contributed by atoms with Gasteiger partial charge in [-0.05, 0) is 42.5 Å². The van der Waals surface area contributed by atoms with E-state index in [9.17, 15) is 9.59 Å². The third-order valence-corrected chi connectivity index (χ3v) is 4.34. The number of para-hydroxylation sites is 1. The monoisotopic (exact) mass is 378 g/mol. The van der Waals surface area contributed by atoms with Crippen LogP contribution in [-0.2, 0) is 4.79 Å². The number of hydrogen-bond donors (Lipinski definition) is 3. The Morgan fingerprint density at radius 2 is 1.68 bits per heavy atom. The topological polar surface area (TPSA) is 94.6 Å². The van der Waals surface area contributed by atoms with Gasteiger partial charge in [0.15, 0.2) is 5.78 Å². The summed E-state index contributed by atoms with van der Waals surface area (Å²) in [6.45, 7) is 3.53. The maximum Gasteiger partial charge on any atom is 0.267 e. The predicted molar refractivity (Wildman–Crippen MR) is 108 cm³/mol. The molecule has 2 aromatic rings. The first kappa shape index (κ1) is 19.5. The molecule has 0 atom stereocenters. The highest BCUT2D eigenvalue weighted by Crippen LogP contribution is 2.22. The van der Waals surface area contributed by atoms with Gasteiger partial charge in [-0.2, -0.15) is 0 Å². The van der Waals surface area contributed by atoms with Crippen LogP contribution in [0.15, 0.2) is 54.6 Å². The Morgan fingerprint density at radius 1 is 1.00 bits per heavy atom. The highest BCUT2D eigenvalue weighted by atomic mass is 16.5. The zero-order valence-corrected chi connectivity index (χ0v) is 15.3. The van der Waals surface area contributed by atoms with E-state index in [4.69, 9.17) is 5.21 Å². The number of nitrogens with zero attached hydrogens (tertiary/aromatic N) is 2. The molecule has 0 aliphatic carbocycles. The summed E-state index contributed by atoms with van der Waals surface area (Å²) in [5.41, 5.74) is 4.26. The Hall–Kier alpha value is -3.29. The van der Waals surface area contributed by atoms with Gasteiger partial charge in [0.1, 0.15) is 0 Å². The number of anilines is 1. The van der Waals surface area contributed by atoms with Crippen molar-refractivity contribution < 1.29 is 14.8 Å². The molecule has 2 heterocycles. The number of carbonyl (C=O) groups is 2. The maximum absolute atomic E-state index is 12.8. The largest absolute Gasteiger partial charge is 0.368 e. The van der Waals surface area contributed by atoms with Crippen LogP contribution in [-0.4, -0.2) is 48.1 Å². The maximum atomic E-state index is 12.8. The minimum Gasteiger partial charge on any atom is -0.368 e. The van der Waals surface area contributed by atoms with E-state index >= 15 is 0 Å². The lowest BCUT2D eigenvalue weighted by molar-refractivity contribution is -0.124. The quantitative estimate of drug-likeness (QED) is 0.308. The molecule has 1 saturated heterocycles. The Balaban J connectivity index is 1.76. The van der Waals surface area contributed by atoms with Gasteiger partial charge in [-0.25, -0.2) is 10.5 Å². The highest BCUT2D eigenvalue weighted by molar-refractivity contribution is 6.10. The fourth-order valence-electron chi connectivity index (χ4n) is 2.97. The number of amides is 1. The molecule has 28 heavy (non-hydrogen) atoms. The van der Waals surface area contributed by atoms with Crippen LogP contribution < -0.4 is 15.7 Å². The van der Waals surface area contributed by atoms with E-state index in [-0.39, 0.29) is 5.78 Å². The van der Waals surface area contributed by atoms with Crippen molar-refractivity contribution in [2.45, 2.75) is 0 Å². The van der Waals surface area contributed by atoms with Gasteiger partial charge in [-0.15, -0.1) is 0 Å². The van der Waals surface area contributed by atoms with Crippen molar-refractivity contribution in [1.29, 1.82) is 0 Å². The normalized spacial score (nSPS) is 14.5. The predicted octanol–water partition coefficient (Wildman–Crippen LogP) is 1.91. The van der Waals surface area contributed by atoms with E-state index in [1.807, 2.05) is 24.3 Å². The fraction of sp³-hybridized carbons (Fsp3) is 0.190. The number of benzene rings is 1. The molecule has 0 unspecified atom stereocenters. The van der Waals surface area contributed by atoms with Gasteiger partial charge in [0.05, 0.1) is 11.4 Å². The van der Waals surface area contributed by atoms with Crippen LogP contribution in [0.5, 0.6) is 0 Å². The van der Waals surface area contributed by atoms with E-state index in [2.05, 4.69) is 15.2 Å². The first-order valence-corrected chi connectivity index (χ1v) is 9.03. The molecule has 144 valence electrons. The number of hydroxylamine groups is 1. The van der Waals surface area contributed by atoms with E-state index in [1.165, 1.54) is 23.7 Å². The third-order valence-electron chi connectivity index (χ3n) is 4.34. The highest BCUT2D eigenvalue weighted by Gasteiger charge is 2.16. The second-order valence-corrected chi connectivity index (χ2v) is 6.25. The Morgan fingerprint density at radius 3 is 2.39 bits per heavy atom. The van der Waals surface area contributed by atoms with Gasteiger partial charge in [0, 0.05) is 43.5 Å². The molecule has 7 nitrogen and oxygen atoms in total. The Labute approximate surface area is 163 Å². The smallest absolute Gasteiger partial charge is 0.267 e. The zero-order chi connectivity index (χ0) is 19.8. The van der Waals surface area contributed by atoms with E-state index in [0.717, 1.165) is 31.9 Å². The van der Waals surface area contributed by atoms with Crippen molar-refractivity contribution in [1.82, 2.24) is 15.8 Å². The summed E-state index contributed by atoms with van der Waals surface area (Å²) in [6, 6.07) is 12.9. The van der Waals surface area contributed by atoms with Crippen molar-refractivity contribution >= 4 is 29.5 Å². The van der Waals surface area contributed by atoms with Gasteiger partial charge in [0.25, 0.3) is 5.91 Å². The molecule has 1 fully saturated rings. The number of allylic oxidation sites excluding steroid dienone is 1.